The number of aryl methyl sites for hydroxylation is 2. The molecule has 0 aliphatic carbocycles. The van der Waals surface area contributed by atoms with Crippen LogP contribution in [0.5, 0.6) is 0 Å². The van der Waals surface area contributed by atoms with Crippen molar-refractivity contribution in [2.24, 2.45) is 4.99 Å². The van der Waals surface area contributed by atoms with Crippen LogP contribution in [0.3, 0.4) is 0 Å². The maximum atomic E-state index is 4.96. The number of hydrogen-bond acceptors (Lipinski definition) is 2. The monoisotopic (exact) mass is 328 g/mol. The van der Waals surface area contributed by atoms with Gasteiger partial charge in [0.1, 0.15) is 6.04 Å². The molecule has 0 saturated heterocycles. The molecule has 0 unspecified atom stereocenters. The van der Waals surface area contributed by atoms with E-state index in [4.69, 9.17) is 4.99 Å². The van der Waals surface area contributed by atoms with Crippen molar-refractivity contribution in [2.45, 2.75) is 32.7 Å². The molecule has 3 aromatic rings. The van der Waals surface area contributed by atoms with E-state index in [1.54, 1.807) is 6.20 Å². The van der Waals surface area contributed by atoms with Gasteiger partial charge in [0, 0.05) is 12.4 Å². The molecule has 2 heteroatoms. The summed E-state index contributed by atoms with van der Waals surface area (Å²) in [5.74, 6) is 0. The lowest BCUT2D eigenvalue weighted by atomic mass is 9.90. The van der Waals surface area contributed by atoms with Crippen molar-refractivity contribution in [3.8, 4) is 0 Å². The summed E-state index contributed by atoms with van der Waals surface area (Å²) in [5, 5.41) is 0. The fraction of sp³-hybridized carbons (Fsp3) is 0.217. The summed E-state index contributed by atoms with van der Waals surface area (Å²) in [6.07, 6.45) is 5.69. The summed E-state index contributed by atoms with van der Waals surface area (Å²) >= 11 is 0. The number of nitrogens with zero attached hydrogens (tertiary/aromatic N) is 2. The minimum Gasteiger partial charge on any atom is -0.278 e. The molecule has 126 valence electrons. The first-order chi connectivity index (χ1) is 12.3. The summed E-state index contributed by atoms with van der Waals surface area (Å²) in [5.41, 5.74) is 6.12. The Hall–Kier alpha value is -2.74. The fourth-order valence-corrected chi connectivity index (χ4v) is 3.18. The molecule has 1 aromatic heterocycles. The number of pyridine rings is 1. The smallest absolute Gasteiger partial charge is 0.101 e. The molecule has 1 heterocycles. The van der Waals surface area contributed by atoms with E-state index >= 15 is 0 Å². The van der Waals surface area contributed by atoms with E-state index in [0.717, 1.165) is 18.5 Å². The van der Waals surface area contributed by atoms with Gasteiger partial charge in [-0.2, -0.15) is 0 Å². The van der Waals surface area contributed by atoms with Crippen molar-refractivity contribution in [3.05, 3.63) is 101 Å². The quantitative estimate of drug-likeness (QED) is 0.555. The predicted octanol–water partition coefficient (Wildman–Crippen LogP) is 5.41. The van der Waals surface area contributed by atoms with Crippen LogP contribution in [-0.4, -0.2) is 11.2 Å². The standard InChI is InChI=1S/C23H24N2/c1-3-18-11-5-7-14-21(18)23(22-15-8-6-12-19(22)4-2)25-17-20-13-9-10-16-24-20/h5-17,23H,3-4H2,1-2H3/b25-17+. The third kappa shape index (κ3) is 4.03. The lowest BCUT2D eigenvalue weighted by Crippen LogP contribution is -2.06. The Bertz CT molecular complexity index is 790. The first kappa shape index (κ1) is 17.1. The normalized spacial score (nSPS) is 11.3. The Morgan fingerprint density at radius 1 is 0.800 bits per heavy atom. The molecular weight excluding hydrogens is 304 g/mol. The van der Waals surface area contributed by atoms with Gasteiger partial charge >= 0.3 is 0 Å². The van der Waals surface area contributed by atoms with Crippen LogP contribution in [0.4, 0.5) is 0 Å². The van der Waals surface area contributed by atoms with E-state index in [-0.39, 0.29) is 6.04 Å². The molecule has 0 bridgehead atoms. The van der Waals surface area contributed by atoms with E-state index in [2.05, 4.69) is 67.4 Å². The predicted molar refractivity (Wildman–Crippen MR) is 105 cm³/mol. The van der Waals surface area contributed by atoms with E-state index < -0.39 is 0 Å². The van der Waals surface area contributed by atoms with Gasteiger partial charge in [0.25, 0.3) is 0 Å². The van der Waals surface area contributed by atoms with Gasteiger partial charge in [0.15, 0.2) is 0 Å². The van der Waals surface area contributed by atoms with Crippen LogP contribution in [0.15, 0.2) is 77.9 Å². The van der Waals surface area contributed by atoms with Crippen molar-refractivity contribution in [2.75, 3.05) is 0 Å². The van der Waals surface area contributed by atoms with Gasteiger partial charge in [0.2, 0.25) is 0 Å². The molecule has 0 aliphatic heterocycles. The summed E-state index contributed by atoms with van der Waals surface area (Å²) in [4.78, 5) is 9.34. The van der Waals surface area contributed by atoms with E-state index in [1.165, 1.54) is 22.3 Å². The minimum absolute atomic E-state index is 0.00527. The molecule has 0 atom stereocenters. The number of rotatable bonds is 6. The zero-order valence-corrected chi connectivity index (χ0v) is 14.9. The summed E-state index contributed by atoms with van der Waals surface area (Å²) < 4.78 is 0. The number of benzene rings is 2. The lowest BCUT2D eigenvalue weighted by molar-refractivity contribution is 0.836. The topological polar surface area (TPSA) is 25.2 Å². The van der Waals surface area contributed by atoms with Crippen LogP contribution in [-0.2, 0) is 12.8 Å². The lowest BCUT2D eigenvalue weighted by Gasteiger charge is -2.19. The van der Waals surface area contributed by atoms with Crippen LogP contribution in [0.1, 0.15) is 47.8 Å². The fourth-order valence-electron chi connectivity index (χ4n) is 3.18. The molecule has 0 radical (unpaired) electrons. The van der Waals surface area contributed by atoms with Gasteiger partial charge in [-0.15, -0.1) is 0 Å². The maximum absolute atomic E-state index is 4.96. The summed E-state index contributed by atoms with van der Waals surface area (Å²) in [6.45, 7) is 4.40. The van der Waals surface area contributed by atoms with Crippen LogP contribution >= 0.6 is 0 Å². The van der Waals surface area contributed by atoms with Crippen LogP contribution in [0.2, 0.25) is 0 Å². The largest absolute Gasteiger partial charge is 0.278 e. The van der Waals surface area contributed by atoms with Crippen molar-refractivity contribution >= 4 is 6.21 Å². The van der Waals surface area contributed by atoms with E-state index in [9.17, 15) is 0 Å². The Morgan fingerprint density at radius 2 is 1.36 bits per heavy atom. The summed E-state index contributed by atoms with van der Waals surface area (Å²) in [6, 6.07) is 23.1. The first-order valence-corrected chi connectivity index (χ1v) is 8.93. The first-order valence-electron chi connectivity index (χ1n) is 8.93. The molecular formula is C23H24N2. The van der Waals surface area contributed by atoms with Crippen LogP contribution < -0.4 is 0 Å². The van der Waals surface area contributed by atoms with Gasteiger partial charge in [-0.25, -0.2) is 0 Å². The highest BCUT2D eigenvalue weighted by Crippen LogP contribution is 2.31. The zero-order valence-electron chi connectivity index (χ0n) is 14.9. The highest BCUT2D eigenvalue weighted by Gasteiger charge is 2.17. The second-order valence-electron chi connectivity index (χ2n) is 6.04. The van der Waals surface area contributed by atoms with Gasteiger partial charge < -0.3 is 0 Å². The Kier molecular flexibility index (Phi) is 5.73. The van der Waals surface area contributed by atoms with Crippen molar-refractivity contribution in [1.29, 1.82) is 0 Å². The Labute approximate surface area is 150 Å². The average Bonchev–Trinajstić information content (AvgIpc) is 2.69. The van der Waals surface area contributed by atoms with Crippen molar-refractivity contribution in [3.63, 3.8) is 0 Å². The van der Waals surface area contributed by atoms with E-state index in [0.29, 0.717) is 0 Å². The average molecular weight is 328 g/mol. The highest BCUT2D eigenvalue weighted by atomic mass is 14.8. The number of hydrogen-bond donors (Lipinski definition) is 0. The molecule has 25 heavy (non-hydrogen) atoms. The Balaban J connectivity index is 2.10. The highest BCUT2D eigenvalue weighted by molar-refractivity contribution is 5.77. The van der Waals surface area contributed by atoms with Crippen molar-refractivity contribution in [1.82, 2.24) is 4.98 Å². The molecule has 0 amide bonds. The van der Waals surface area contributed by atoms with Gasteiger partial charge in [-0.05, 0) is 47.2 Å². The molecule has 0 aliphatic rings. The van der Waals surface area contributed by atoms with Gasteiger partial charge in [0.05, 0.1) is 5.69 Å². The zero-order chi connectivity index (χ0) is 17.5. The van der Waals surface area contributed by atoms with Crippen LogP contribution in [0.25, 0.3) is 0 Å². The molecule has 2 aromatic carbocycles. The molecule has 3 rings (SSSR count). The number of aromatic nitrogens is 1. The van der Waals surface area contributed by atoms with Gasteiger partial charge in [-0.3, -0.25) is 9.98 Å². The van der Waals surface area contributed by atoms with E-state index in [1.807, 2.05) is 24.4 Å². The minimum atomic E-state index is -0.00527. The third-order valence-corrected chi connectivity index (χ3v) is 4.50. The van der Waals surface area contributed by atoms with Crippen LogP contribution in [0, 0.1) is 0 Å². The molecule has 0 saturated carbocycles. The SMILES string of the molecule is CCc1ccccc1C(/N=C/c1ccccn1)c1ccccc1CC. The number of aliphatic imine (C=N–C) groups is 1. The third-order valence-electron chi connectivity index (χ3n) is 4.50. The molecule has 0 N–H and O–H groups in total. The second-order valence-corrected chi connectivity index (χ2v) is 6.04. The molecule has 2 nitrogen and oxygen atoms in total. The second kappa shape index (κ2) is 8.39. The maximum Gasteiger partial charge on any atom is 0.101 e. The van der Waals surface area contributed by atoms with Crippen molar-refractivity contribution < 1.29 is 0 Å². The Morgan fingerprint density at radius 3 is 1.88 bits per heavy atom. The summed E-state index contributed by atoms with van der Waals surface area (Å²) in [7, 11) is 0. The molecule has 0 spiro atoms. The van der Waals surface area contributed by atoms with Gasteiger partial charge in [-0.1, -0.05) is 68.4 Å². The molecule has 0 fully saturated rings.